The molecule has 0 saturated carbocycles. The number of morpholine rings is 1. The molecule has 37 heavy (non-hydrogen) atoms. The molecule has 0 radical (unpaired) electrons. The van der Waals surface area contributed by atoms with E-state index in [4.69, 9.17) is 14.2 Å². The van der Waals surface area contributed by atoms with Gasteiger partial charge < -0.3 is 24.2 Å². The fourth-order valence-electron chi connectivity index (χ4n) is 3.96. The highest BCUT2D eigenvalue weighted by Gasteiger charge is 2.39. The summed E-state index contributed by atoms with van der Waals surface area (Å²) in [6.07, 6.45) is 1.43. The molecule has 0 aliphatic carbocycles. The van der Waals surface area contributed by atoms with Gasteiger partial charge in [0.1, 0.15) is 0 Å². The van der Waals surface area contributed by atoms with Crippen molar-refractivity contribution < 1.29 is 28.9 Å². The second-order valence-corrected chi connectivity index (χ2v) is 8.33. The fourth-order valence-corrected chi connectivity index (χ4v) is 3.96. The first kappa shape index (κ1) is 25.9. The van der Waals surface area contributed by atoms with Crippen molar-refractivity contribution in [2.75, 3.05) is 40.0 Å². The van der Waals surface area contributed by atoms with E-state index in [1.807, 2.05) is 12.1 Å². The van der Waals surface area contributed by atoms with Gasteiger partial charge in [0.2, 0.25) is 0 Å². The summed E-state index contributed by atoms with van der Waals surface area (Å²) in [5.41, 5.74) is 1.97. The normalized spacial score (nSPS) is 13.8. The van der Waals surface area contributed by atoms with Crippen molar-refractivity contribution >= 4 is 18.0 Å². The van der Waals surface area contributed by atoms with E-state index >= 15 is 0 Å². The highest BCUT2D eigenvalue weighted by molar-refractivity contribution is 5.91. The van der Waals surface area contributed by atoms with E-state index in [9.17, 15) is 14.7 Å². The van der Waals surface area contributed by atoms with Crippen LogP contribution in [0.3, 0.4) is 0 Å². The molecule has 192 valence electrons. The van der Waals surface area contributed by atoms with Gasteiger partial charge in [-0.1, -0.05) is 60.7 Å². The Hall–Kier alpha value is -4.21. The third-order valence-corrected chi connectivity index (χ3v) is 5.99. The topological polar surface area (TPSA) is 110 Å². The number of hydrogen-bond donors (Lipinski definition) is 2. The van der Waals surface area contributed by atoms with Gasteiger partial charge in [-0.3, -0.25) is 9.59 Å². The summed E-state index contributed by atoms with van der Waals surface area (Å²) in [4.78, 5) is 27.2. The minimum atomic E-state index is -1.93. The van der Waals surface area contributed by atoms with Crippen LogP contribution in [0.1, 0.15) is 16.7 Å². The standard InChI is InChI=1S/C28H29N3O6/c1-35-25-18-21(12-13-24(25)37-20-26(32)31-14-16-36-17-15-31)19-29-30-27(33)28(34,22-8-4-2-5-9-22)23-10-6-3-7-11-23/h2-13,18-19,34H,14-17,20H2,1H3,(H,30,33)/b29-19-. The van der Waals surface area contributed by atoms with E-state index in [-0.39, 0.29) is 12.5 Å². The van der Waals surface area contributed by atoms with E-state index in [0.717, 1.165) is 0 Å². The van der Waals surface area contributed by atoms with Crippen LogP contribution in [0.25, 0.3) is 0 Å². The molecule has 4 rings (SSSR count). The molecule has 2 amide bonds. The van der Waals surface area contributed by atoms with E-state index in [2.05, 4.69) is 10.5 Å². The number of ether oxygens (including phenoxy) is 3. The summed E-state index contributed by atoms with van der Waals surface area (Å²) >= 11 is 0. The largest absolute Gasteiger partial charge is 0.493 e. The van der Waals surface area contributed by atoms with Gasteiger partial charge >= 0.3 is 0 Å². The summed E-state index contributed by atoms with van der Waals surface area (Å²) in [5.74, 6) is 0.000623. The number of hydrogen-bond acceptors (Lipinski definition) is 7. The van der Waals surface area contributed by atoms with Gasteiger partial charge in [0.25, 0.3) is 11.8 Å². The first-order valence-corrected chi connectivity index (χ1v) is 11.9. The van der Waals surface area contributed by atoms with Gasteiger partial charge in [-0.2, -0.15) is 5.10 Å². The zero-order chi connectivity index (χ0) is 26.1. The molecule has 9 heteroatoms. The molecule has 1 aliphatic rings. The molecule has 3 aromatic rings. The number of benzene rings is 3. The van der Waals surface area contributed by atoms with Gasteiger partial charge in [0, 0.05) is 13.1 Å². The van der Waals surface area contributed by atoms with Crippen LogP contribution >= 0.6 is 0 Å². The van der Waals surface area contributed by atoms with Gasteiger partial charge in [-0.15, -0.1) is 0 Å². The molecular weight excluding hydrogens is 474 g/mol. The van der Waals surface area contributed by atoms with Crippen molar-refractivity contribution in [2.24, 2.45) is 5.10 Å². The lowest BCUT2D eigenvalue weighted by Crippen LogP contribution is -2.43. The quantitative estimate of drug-likeness (QED) is 0.343. The highest BCUT2D eigenvalue weighted by Crippen LogP contribution is 2.30. The Labute approximate surface area is 215 Å². The molecule has 0 unspecified atom stereocenters. The Balaban J connectivity index is 1.43. The Kier molecular flexibility index (Phi) is 8.50. The second-order valence-electron chi connectivity index (χ2n) is 8.33. The molecular formula is C28H29N3O6. The number of nitrogens with one attached hydrogen (secondary N) is 1. The number of nitrogens with zero attached hydrogens (tertiary/aromatic N) is 2. The second kappa shape index (κ2) is 12.2. The number of carbonyl (C=O) groups is 2. The van der Waals surface area contributed by atoms with Crippen LogP contribution in [-0.4, -0.2) is 68.1 Å². The number of hydrazone groups is 1. The van der Waals surface area contributed by atoms with Crippen LogP contribution in [0.4, 0.5) is 0 Å². The van der Waals surface area contributed by atoms with Crippen LogP contribution in [0.5, 0.6) is 11.5 Å². The Bertz CT molecular complexity index is 1190. The van der Waals surface area contributed by atoms with Crippen LogP contribution in [0, 0.1) is 0 Å². The molecule has 0 atom stereocenters. The maximum Gasteiger partial charge on any atom is 0.281 e. The van der Waals surface area contributed by atoms with Crippen molar-refractivity contribution in [1.82, 2.24) is 10.3 Å². The van der Waals surface area contributed by atoms with Gasteiger partial charge in [-0.05, 0) is 34.9 Å². The maximum absolute atomic E-state index is 13.1. The number of methoxy groups -OCH3 is 1. The molecule has 3 aromatic carbocycles. The van der Waals surface area contributed by atoms with Crippen molar-refractivity contribution in [2.45, 2.75) is 5.60 Å². The lowest BCUT2D eigenvalue weighted by atomic mass is 9.85. The van der Waals surface area contributed by atoms with E-state index in [0.29, 0.717) is 54.5 Å². The zero-order valence-corrected chi connectivity index (χ0v) is 20.5. The lowest BCUT2D eigenvalue weighted by molar-refractivity contribution is -0.137. The zero-order valence-electron chi connectivity index (χ0n) is 20.5. The summed E-state index contributed by atoms with van der Waals surface area (Å²) in [5, 5.41) is 15.5. The number of carbonyl (C=O) groups excluding carboxylic acids is 2. The third kappa shape index (κ3) is 6.14. The maximum atomic E-state index is 13.1. The molecule has 1 saturated heterocycles. The van der Waals surface area contributed by atoms with Crippen molar-refractivity contribution in [3.05, 3.63) is 95.6 Å². The lowest BCUT2D eigenvalue weighted by Gasteiger charge is -2.27. The molecule has 1 aliphatic heterocycles. The van der Waals surface area contributed by atoms with Crippen molar-refractivity contribution in [3.63, 3.8) is 0 Å². The average Bonchev–Trinajstić information content (AvgIpc) is 2.97. The first-order valence-electron chi connectivity index (χ1n) is 11.9. The number of aliphatic hydroxyl groups is 1. The molecule has 1 fully saturated rings. The molecule has 2 N–H and O–H groups in total. The highest BCUT2D eigenvalue weighted by atomic mass is 16.5. The van der Waals surface area contributed by atoms with E-state index < -0.39 is 11.5 Å². The average molecular weight is 504 g/mol. The van der Waals surface area contributed by atoms with Crippen molar-refractivity contribution in [3.8, 4) is 11.5 Å². The Morgan fingerprint density at radius 2 is 1.62 bits per heavy atom. The smallest absolute Gasteiger partial charge is 0.281 e. The van der Waals surface area contributed by atoms with Crippen LogP contribution in [-0.2, 0) is 19.9 Å². The summed E-state index contributed by atoms with van der Waals surface area (Å²) in [6, 6.07) is 22.4. The van der Waals surface area contributed by atoms with E-state index in [1.54, 1.807) is 71.6 Å². The molecule has 0 spiro atoms. The van der Waals surface area contributed by atoms with Gasteiger partial charge in [0.05, 0.1) is 26.5 Å². The molecule has 9 nitrogen and oxygen atoms in total. The minimum absolute atomic E-state index is 0.114. The molecule has 1 heterocycles. The van der Waals surface area contributed by atoms with Gasteiger partial charge in [0.15, 0.2) is 23.7 Å². The number of amides is 2. The fraction of sp³-hybridized carbons (Fsp3) is 0.250. The first-order chi connectivity index (χ1) is 18.0. The van der Waals surface area contributed by atoms with E-state index in [1.165, 1.54) is 13.3 Å². The molecule has 0 aromatic heterocycles. The van der Waals surface area contributed by atoms with Crippen LogP contribution in [0.15, 0.2) is 84.0 Å². The predicted octanol–water partition coefficient (Wildman–Crippen LogP) is 2.32. The minimum Gasteiger partial charge on any atom is -0.493 e. The molecule has 0 bridgehead atoms. The summed E-state index contributed by atoms with van der Waals surface area (Å²) in [7, 11) is 1.49. The Morgan fingerprint density at radius 3 is 2.22 bits per heavy atom. The van der Waals surface area contributed by atoms with Gasteiger partial charge in [-0.25, -0.2) is 5.43 Å². The SMILES string of the molecule is COc1cc(/C=N\NC(=O)C(O)(c2ccccc2)c2ccccc2)ccc1OCC(=O)N1CCOCC1. The predicted molar refractivity (Wildman–Crippen MR) is 138 cm³/mol. The van der Waals surface area contributed by atoms with Crippen LogP contribution in [0.2, 0.25) is 0 Å². The summed E-state index contributed by atoms with van der Waals surface area (Å²) < 4.78 is 16.3. The third-order valence-electron chi connectivity index (χ3n) is 5.99. The van der Waals surface area contributed by atoms with Crippen LogP contribution < -0.4 is 14.9 Å². The summed E-state index contributed by atoms with van der Waals surface area (Å²) in [6.45, 7) is 2.02. The Morgan fingerprint density at radius 1 is 1.00 bits per heavy atom. The van der Waals surface area contributed by atoms with Crippen molar-refractivity contribution in [1.29, 1.82) is 0 Å². The monoisotopic (exact) mass is 503 g/mol. The number of rotatable bonds is 9.